The molecule has 0 radical (unpaired) electrons. The summed E-state index contributed by atoms with van der Waals surface area (Å²) in [6, 6.07) is 0.0266. The molecule has 0 aliphatic carbocycles. The van der Waals surface area contributed by atoms with Crippen LogP contribution in [0, 0.1) is 13.8 Å². The van der Waals surface area contributed by atoms with Gasteiger partial charge in [-0.1, -0.05) is 12.1 Å². The molecule has 0 aromatic carbocycles. The fourth-order valence-electron chi connectivity index (χ4n) is 2.10. The zero-order valence-electron chi connectivity index (χ0n) is 11.0. The minimum absolute atomic E-state index is 0.112. The molecule has 1 aromatic heterocycles. The van der Waals surface area contributed by atoms with Crippen LogP contribution in [-0.4, -0.2) is 41.9 Å². The highest BCUT2D eigenvalue weighted by atomic mass is 16.5. The van der Waals surface area contributed by atoms with E-state index in [0.717, 1.165) is 6.42 Å². The Labute approximate surface area is 106 Å². The molecule has 6 heteroatoms. The number of hydrogen-bond donors (Lipinski definition) is 1. The van der Waals surface area contributed by atoms with Gasteiger partial charge in [0.05, 0.1) is 19.3 Å². The number of nitrogens with one attached hydrogen (secondary N) is 1. The standard InChI is InChI=1S/C12H19N3O3/c1-4-10-7-17-6-5-15(10)12(16)13-11-8(2)14-18-9(11)3/h10H,4-7H2,1-3H3,(H,13,16). The van der Waals surface area contributed by atoms with Crippen LogP contribution in [0.5, 0.6) is 0 Å². The number of morpholine rings is 1. The van der Waals surface area contributed by atoms with Crippen molar-refractivity contribution in [2.24, 2.45) is 0 Å². The SMILES string of the molecule is CCC1COCCN1C(=O)Nc1c(C)noc1C. The number of urea groups is 1. The fourth-order valence-corrected chi connectivity index (χ4v) is 2.10. The van der Waals surface area contributed by atoms with E-state index < -0.39 is 0 Å². The van der Waals surface area contributed by atoms with Crippen molar-refractivity contribution >= 4 is 11.7 Å². The summed E-state index contributed by atoms with van der Waals surface area (Å²) in [6.45, 7) is 7.45. The average molecular weight is 253 g/mol. The van der Waals surface area contributed by atoms with Crippen LogP contribution in [0.4, 0.5) is 10.5 Å². The third-order valence-corrected chi connectivity index (χ3v) is 3.22. The van der Waals surface area contributed by atoms with Crippen molar-refractivity contribution in [3.05, 3.63) is 11.5 Å². The molecule has 0 saturated carbocycles. The molecular formula is C12H19N3O3. The second kappa shape index (κ2) is 5.39. The average Bonchev–Trinajstić information content (AvgIpc) is 2.70. The number of carbonyl (C=O) groups is 1. The number of ether oxygens (including phenoxy) is 1. The Morgan fingerprint density at radius 3 is 2.94 bits per heavy atom. The number of nitrogens with zero attached hydrogens (tertiary/aromatic N) is 2. The quantitative estimate of drug-likeness (QED) is 0.874. The zero-order valence-corrected chi connectivity index (χ0v) is 11.0. The molecule has 6 nitrogen and oxygen atoms in total. The van der Waals surface area contributed by atoms with Crippen LogP contribution in [0.25, 0.3) is 0 Å². The summed E-state index contributed by atoms with van der Waals surface area (Å²) in [4.78, 5) is 14.0. The second-order valence-electron chi connectivity index (χ2n) is 4.46. The lowest BCUT2D eigenvalue weighted by molar-refractivity contribution is 0.0144. The van der Waals surface area contributed by atoms with Gasteiger partial charge in [0, 0.05) is 6.54 Å². The van der Waals surface area contributed by atoms with E-state index in [2.05, 4.69) is 17.4 Å². The molecule has 1 atom stereocenters. The van der Waals surface area contributed by atoms with Gasteiger partial charge in [0.25, 0.3) is 0 Å². The third-order valence-electron chi connectivity index (χ3n) is 3.22. The predicted molar refractivity (Wildman–Crippen MR) is 66.6 cm³/mol. The van der Waals surface area contributed by atoms with Crippen molar-refractivity contribution in [2.45, 2.75) is 33.2 Å². The fraction of sp³-hybridized carbons (Fsp3) is 0.667. The molecule has 0 bridgehead atoms. The minimum Gasteiger partial charge on any atom is -0.377 e. The molecule has 2 amide bonds. The van der Waals surface area contributed by atoms with Gasteiger partial charge in [-0.05, 0) is 20.3 Å². The first-order valence-corrected chi connectivity index (χ1v) is 6.21. The van der Waals surface area contributed by atoms with Gasteiger partial charge in [-0.15, -0.1) is 0 Å². The van der Waals surface area contributed by atoms with Crippen LogP contribution in [0.1, 0.15) is 24.8 Å². The smallest absolute Gasteiger partial charge is 0.322 e. The summed E-state index contributed by atoms with van der Waals surface area (Å²) in [5.74, 6) is 0.627. The van der Waals surface area contributed by atoms with Gasteiger partial charge >= 0.3 is 6.03 Å². The van der Waals surface area contributed by atoms with E-state index in [1.807, 2.05) is 11.8 Å². The Hall–Kier alpha value is -1.56. The van der Waals surface area contributed by atoms with Gasteiger partial charge in [-0.25, -0.2) is 4.79 Å². The number of hydrogen-bond acceptors (Lipinski definition) is 4. The lowest BCUT2D eigenvalue weighted by Gasteiger charge is -2.34. The van der Waals surface area contributed by atoms with Crippen LogP contribution in [0.3, 0.4) is 0 Å². The summed E-state index contributed by atoms with van der Waals surface area (Å²) >= 11 is 0. The van der Waals surface area contributed by atoms with Crippen LogP contribution in [0.15, 0.2) is 4.52 Å². The van der Waals surface area contributed by atoms with Crippen LogP contribution >= 0.6 is 0 Å². The highest BCUT2D eigenvalue weighted by Crippen LogP contribution is 2.20. The molecule has 2 heterocycles. The van der Waals surface area contributed by atoms with E-state index in [4.69, 9.17) is 9.26 Å². The summed E-state index contributed by atoms with van der Waals surface area (Å²) in [6.07, 6.45) is 0.884. The van der Waals surface area contributed by atoms with Crippen molar-refractivity contribution in [1.29, 1.82) is 0 Å². The molecular weight excluding hydrogens is 234 g/mol. The first kappa shape index (κ1) is 12.9. The lowest BCUT2D eigenvalue weighted by atomic mass is 10.2. The molecule has 2 rings (SSSR count). The van der Waals surface area contributed by atoms with Gasteiger partial charge in [0.2, 0.25) is 0 Å². The highest BCUT2D eigenvalue weighted by Gasteiger charge is 2.27. The summed E-state index contributed by atoms with van der Waals surface area (Å²) in [7, 11) is 0. The number of rotatable bonds is 2. The van der Waals surface area contributed by atoms with E-state index in [1.54, 1.807) is 6.92 Å². The van der Waals surface area contributed by atoms with E-state index in [-0.39, 0.29) is 12.1 Å². The van der Waals surface area contributed by atoms with Crippen molar-refractivity contribution in [1.82, 2.24) is 10.1 Å². The van der Waals surface area contributed by atoms with E-state index >= 15 is 0 Å². The summed E-state index contributed by atoms with van der Waals surface area (Å²) < 4.78 is 10.4. The van der Waals surface area contributed by atoms with Gasteiger partial charge in [0.1, 0.15) is 11.4 Å². The molecule has 0 spiro atoms. The Morgan fingerprint density at radius 2 is 2.33 bits per heavy atom. The molecule has 1 fully saturated rings. The number of aryl methyl sites for hydroxylation is 2. The first-order valence-electron chi connectivity index (χ1n) is 6.21. The number of carbonyl (C=O) groups excluding carboxylic acids is 1. The zero-order chi connectivity index (χ0) is 13.1. The molecule has 1 aliphatic rings. The number of aromatic nitrogens is 1. The Balaban J connectivity index is 2.07. The normalized spacial score (nSPS) is 19.9. The first-order chi connectivity index (χ1) is 8.63. The van der Waals surface area contributed by atoms with Gasteiger partial charge in [-0.2, -0.15) is 0 Å². The summed E-state index contributed by atoms with van der Waals surface area (Å²) in [5, 5.41) is 6.69. The Bertz CT molecular complexity index is 411. The van der Waals surface area contributed by atoms with E-state index in [9.17, 15) is 4.79 Å². The Kier molecular flexibility index (Phi) is 3.86. The van der Waals surface area contributed by atoms with Crippen molar-refractivity contribution < 1.29 is 14.1 Å². The maximum Gasteiger partial charge on any atom is 0.322 e. The van der Waals surface area contributed by atoms with Crippen LogP contribution in [-0.2, 0) is 4.74 Å². The van der Waals surface area contributed by atoms with E-state index in [0.29, 0.717) is 36.9 Å². The topological polar surface area (TPSA) is 67.6 Å². The molecule has 18 heavy (non-hydrogen) atoms. The third kappa shape index (κ3) is 2.48. The lowest BCUT2D eigenvalue weighted by Crippen LogP contribution is -2.50. The number of anilines is 1. The summed E-state index contributed by atoms with van der Waals surface area (Å²) in [5.41, 5.74) is 1.36. The van der Waals surface area contributed by atoms with Crippen molar-refractivity contribution in [3.63, 3.8) is 0 Å². The Morgan fingerprint density at radius 1 is 1.56 bits per heavy atom. The predicted octanol–water partition coefficient (Wildman–Crippen LogP) is 1.93. The van der Waals surface area contributed by atoms with Crippen molar-refractivity contribution in [3.8, 4) is 0 Å². The second-order valence-corrected chi connectivity index (χ2v) is 4.46. The maximum absolute atomic E-state index is 12.2. The van der Waals surface area contributed by atoms with Gasteiger partial charge in [-0.3, -0.25) is 0 Å². The number of amides is 2. The van der Waals surface area contributed by atoms with Crippen LogP contribution < -0.4 is 5.32 Å². The molecule has 1 saturated heterocycles. The molecule has 1 unspecified atom stereocenters. The van der Waals surface area contributed by atoms with Crippen molar-refractivity contribution in [2.75, 3.05) is 25.1 Å². The maximum atomic E-state index is 12.2. The van der Waals surface area contributed by atoms with Crippen LogP contribution in [0.2, 0.25) is 0 Å². The molecule has 1 aliphatic heterocycles. The minimum atomic E-state index is -0.112. The molecule has 1 N–H and O–H groups in total. The monoisotopic (exact) mass is 253 g/mol. The molecule has 1 aromatic rings. The van der Waals surface area contributed by atoms with Gasteiger partial charge < -0.3 is 19.5 Å². The van der Waals surface area contributed by atoms with Gasteiger partial charge in [0.15, 0.2) is 5.76 Å². The molecule has 100 valence electrons. The van der Waals surface area contributed by atoms with E-state index in [1.165, 1.54) is 0 Å². The largest absolute Gasteiger partial charge is 0.377 e. The highest BCUT2D eigenvalue weighted by molar-refractivity contribution is 5.90.